The molecule has 8 heteroatoms. The number of halogens is 1. The van der Waals surface area contributed by atoms with Crippen LogP contribution in [0.1, 0.15) is 12.5 Å². The largest absolute Gasteiger partial charge is 0.492 e. The Labute approximate surface area is 189 Å². The van der Waals surface area contributed by atoms with Gasteiger partial charge in [0, 0.05) is 38.8 Å². The molecule has 7 nitrogen and oxygen atoms in total. The van der Waals surface area contributed by atoms with Crippen molar-refractivity contribution in [2.24, 2.45) is 4.99 Å². The van der Waals surface area contributed by atoms with Gasteiger partial charge >= 0.3 is 0 Å². The Morgan fingerprint density at radius 1 is 1.09 bits per heavy atom. The first kappa shape index (κ1) is 23.8. The van der Waals surface area contributed by atoms with Gasteiger partial charge in [-0.05, 0) is 25.1 Å². The zero-order valence-corrected chi connectivity index (χ0v) is 18.9. The zero-order valence-electron chi connectivity index (χ0n) is 18.9. The smallest absolute Gasteiger partial charge is 0.191 e. The van der Waals surface area contributed by atoms with E-state index in [1.807, 2.05) is 31.2 Å². The SMILES string of the molecule is CN=C(NCc1ccccc1OCCN1CCOCC1)NCC(C)Oc1ccccc1F. The van der Waals surface area contributed by atoms with Gasteiger partial charge in [0.15, 0.2) is 17.5 Å². The lowest BCUT2D eigenvalue weighted by molar-refractivity contribution is 0.0322. The highest BCUT2D eigenvalue weighted by molar-refractivity contribution is 5.79. The van der Waals surface area contributed by atoms with E-state index in [0.29, 0.717) is 25.7 Å². The summed E-state index contributed by atoms with van der Waals surface area (Å²) in [5.74, 6) is 1.37. The Morgan fingerprint density at radius 3 is 2.56 bits per heavy atom. The highest BCUT2D eigenvalue weighted by Gasteiger charge is 2.12. The van der Waals surface area contributed by atoms with Crippen LogP contribution < -0.4 is 20.1 Å². The molecule has 0 aromatic heterocycles. The van der Waals surface area contributed by atoms with E-state index >= 15 is 0 Å². The van der Waals surface area contributed by atoms with Gasteiger partial charge in [-0.3, -0.25) is 9.89 Å². The summed E-state index contributed by atoms with van der Waals surface area (Å²) in [7, 11) is 1.71. The lowest BCUT2D eigenvalue weighted by Gasteiger charge is -2.26. The third kappa shape index (κ3) is 7.69. The lowest BCUT2D eigenvalue weighted by Crippen LogP contribution is -2.41. The maximum Gasteiger partial charge on any atom is 0.191 e. The number of benzene rings is 2. The minimum Gasteiger partial charge on any atom is -0.492 e. The van der Waals surface area contributed by atoms with Crippen LogP contribution in [-0.4, -0.2) is 70.0 Å². The molecule has 0 saturated carbocycles. The summed E-state index contributed by atoms with van der Waals surface area (Å²) in [5.41, 5.74) is 1.05. The molecule has 2 aromatic rings. The number of hydrogen-bond acceptors (Lipinski definition) is 5. The second kappa shape index (κ2) is 12.9. The number of morpholine rings is 1. The molecule has 1 saturated heterocycles. The van der Waals surface area contributed by atoms with E-state index in [9.17, 15) is 4.39 Å². The third-order valence-corrected chi connectivity index (χ3v) is 5.13. The molecule has 1 fully saturated rings. The van der Waals surface area contributed by atoms with E-state index in [4.69, 9.17) is 14.2 Å². The second-order valence-electron chi connectivity index (χ2n) is 7.58. The summed E-state index contributed by atoms with van der Waals surface area (Å²) < 4.78 is 30.8. The van der Waals surface area contributed by atoms with Crippen molar-refractivity contribution in [2.75, 3.05) is 53.0 Å². The van der Waals surface area contributed by atoms with Crippen LogP contribution in [-0.2, 0) is 11.3 Å². The van der Waals surface area contributed by atoms with Gasteiger partial charge in [-0.15, -0.1) is 0 Å². The number of nitrogens with zero attached hydrogens (tertiary/aromatic N) is 2. The van der Waals surface area contributed by atoms with Crippen molar-refractivity contribution in [1.29, 1.82) is 0 Å². The van der Waals surface area contributed by atoms with E-state index in [1.54, 1.807) is 25.2 Å². The molecule has 1 unspecified atom stereocenters. The van der Waals surface area contributed by atoms with Gasteiger partial charge in [0.05, 0.1) is 19.8 Å². The molecule has 32 heavy (non-hydrogen) atoms. The van der Waals surface area contributed by atoms with Gasteiger partial charge in [-0.25, -0.2) is 4.39 Å². The van der Waals surface area contributed by atoms with Crippen LogP contribution in [0.15, 0.2) is 53.5 Å². The molecule has 0 radical (unpaired) electrons. The molecule has 1 heterocycles. The molecule has 1 aliphatic heterocycles. The molecule has 0 spiro atoms. The van der Waals surface area contributed by atoms with E-state index in [0.717, 1.165) is 44.2 Å². The van der Waals surface area contributed by atoms with Crippen molar-refractivity contribution < 1.29 is 18.6 Å². The third-order valence-electron chi connectivity index (χ3n) is 5.13. The Hall–Kier alpha value is -2.84. The molecule has 0 amide bonds. The average molecular weight is 445 g/mol. The first-order valence-electron chi connectivity index (χ1n) is 11.0. The van der Waals surface area contributed by atoms with Gasteiger partial charge in [0.1, 0.15) is 18.5 Å². The fraction of sp³-hybridized carbons (Fsp3) is 0.458. The average Bonchev–Trinajstić information content (AvgIpc) is 2.82. The molecule has 3 rings (SSSR count). The summed E-state index contributed by atoms with van der Waals surface area (Å²) in [4.78, 5) is 6.61. The topological polar surface area (TPSA) is 67.4 Å². The number of rotatable bonds is 10. The van der Waals surface area contributed by atoms with Gasteiger partial charge in [0.2, 0.25) is 0 Å². The van der Waals surface area contributed by atoms with Crippen molar-refractivity contribution in [1.82, 2.24) is 15.5 Å². The minimum atomic E-state index is -0.368. The van der Waals surface area contributed by atoms with Crippen LogP contribution in [0.25, 0.3) is 0 Å². The van der Waals surface area contributed by atoms with Gasteiger partial charge < -0.3 is 24.8 Å². The molecule has 1 aliphatic rings. The number of ether oxygens (including phenoxy) is 3. The fourth-order valence-electron chi connectivity index (χ4n) is 3.34. The highest BCUT2D eigenvalue weighted by atomic mass is 19.1. The quantitative estimate of drug-likeness (QED) is 0.434. The first-order chi connectivity index (χ1) is 15.7. The van der Waals surface area contributed by atoms with Crippen LogP contribution in [0.3, 0.4) is 0 Å². The Bertz CT molecular complexity index is 859. The molecule has 2 N–H and O–H groups in total. The van der Waals surface area contributed by atoms with Crippen molar-refractivity contribution in [3.63, 3.8) is 0 Å². The van der Waals surface area contributed by atoms with Crippen LogP contribution in [0.5, 0.6) is 11.5 Å². The molecule has 0 bridgehead atoms. The highest BCUT2D eigenvalue weighted by Crippen LogP contribution is 2.18. The van der Waals surface area contributed by atoms with Crippen molar-refractivity contribution in [3.8, 4) is 11.5 Å². The number of aliphatic imine (C=N–C) groups is 1. The number of nitrogens with one attached hydrogen (secondary N) is 2. The zero-order chi connectivity index (χ0) is 22.6. The molecular weight excluding hydrogens is 411 g/mol. The summed E-state index contributed by atoms with van der Waals surface area (Å²) >= 11 is 0. The molecule has 0 aliphatic carbocycles. The van der Waals surface area contributed by atoms with Crippen LogP contribution >= 0.6 is 0 Å². The number of guanidine groups is 1. The number of para-hydroxylation sites is 2. The molecular formula is C24H33FN4O3. The van der Waals surface area contributed by atoms with E-state index in [2.05, 4.69) is 20.5 Å². The maximum absolute atomic E-state index is 13.8. The predicted octanol–water partition coefficient (Wildman–Crippen LogP) is 2.67. The van der Waals surface area contributed by atoms with E-state index in [1.165, 1.54) is 6.07 Å². The van der Waals surface area contributed by atoms with Crippen molar-refractivity contribution >= 4 is 5.96 Å². The monoisotopic (exact) mass is 444 g/mol. The van der Waals surface area contributed by atoms with E-state index < -0.39 is 0 Å². The Balaban J connectivity index is 1.43. The van der Waals surface area contributed by atoms with Gasteiger partial charge in [-0.1, -0.05) is 30.3 Å². The number of hydrogen-bond donors (Lipinski definition) is 2. The fourth-order valence-corrected chi connectivity index (χ4v) is 3.34. The van der Waals surface area contributed by atoms with Crippen LogP contribution in [0, 0.1) is 5.82 Å². The molecule has 1 atom stereocenters. The summed E-state index contributed by atoms with van der Waals surface area (Å²) in [5, 5.41) is 6.52. The minimum absolute atomic E-state index is 0.235. The first-order valence-corrected chi connectivity index (χ1v) is 11.0. The van der Waals surface area contributed by atoms with E-state index in [-0.39, 0.29) is 17.7 Å². The van der Waals surface area contributed by atoms with Gasteiger partial charge in [-0.2, -0.15) is 0 Å². The predicted molar refractivity (Wildman–Crippen MR) is 124 cm³/mol. The van der Waals surface area contributed by atoms with Gasteiger partial charge in [0.25, 0.3) is 0 Å². The summed E-state index contributed by atoms with van der Waals surface area (Å²) in [6.45, 7) is 7.92. The Morgan fingerprint density at radius 2 is 1.81 bits per heavy atom. The lowest BCUT2D eigenvalue weighted by atomic mass is 10.2. The maximum atomic E-state index is 13.8. The normalized spacial score (nSPS) is 15.8. The summed E-state index contributed by atoms with van der Waals surface area (Å²) in [6, 6.07) is 14.4. The molecule has 2 aromatic carbocycles. The second-order valence-corrected chi connectivity index (χ2v) is 7.58. The van der Waals surface area contributed by atoms with Crippen molar-refractivity contribution in [2.45, 2.75) is 19.6 Å². The summed E-state index contributed by atoms with van der Waals surface area (Å²) in [6.07, 6.45) is -0.235. The van der Waals surface area contributed by atoms with Crippen molar-refractivity contribution in [3.05, 3.63) is 59.9 Å². The molecule has 174 valence electrons. The van der Waals surface area contributed by atoms with Crippen LogP contribution in [0.2, 0.25) is 0 Å². The van der Waals surface area contributed by atoms with Crippen LogP contribution in [0.4, 0.5) is 4.39 Å². The standard InChI is InChI=1S/C24H33FN4O3/c1-19(32-23-10-6-4-8-21(23)25)17-27-24(26-2)28-18-20-7-3-5-9-22(20)31-16-13-29-11-14-30-15-12-29/h3-10,19H,11-18H2,1-2H3,(H2,26,27,28). The Kier molecular flexibility index (Phi) is 9.59.